The third-order valence-electron chi connectivity index (χ3n) is 3.58. The molecule has 0 bridgehead atoms. The number of hydrazone groups is 1. The van der Waals surface area contributed by atoms with Gasteiger partial charge in [-0.25, -0.2) is 5.43 Å². The molecule has 2 rings (SSSR count). The van der Waals surface area contributed by atoms with Crippen molar-refractivity contribution in [1.29, 1.82) is 5.26 Å². The van der Waals surface area contributed by atoms with E-state index < -0.39 is 11.5 Å². The standard InChI is InChI=1S/C18H17BrN4O3/c1-12-7-14(11-26-2)16(8-20)18(25)23(12)10-17(24)22-21-9-13-3-5-15(19)6-4-13/h3-7,9H,10-11H2,1-2H3,(H,22,24). The van der Waals surface area contributed by atoms with Crippen LogP contribution in [-0.2, 0) is 22.7 Å². The second-order valence-electron chi connectivity index (χ2n) is 5.47. The number of nitrogens with zero attached hydrogens (tertiary/aromatic N) is 3. The summed E-state index contributed by atoms with van der Waals surface area (Å²) >= 11 is 3.34. The average molecular weight is 417 g/mol. The number of benzene rings is 1. The van der Waals surface area contributed by atoms with Gasteiger partial charge < -0.3 is 9.30 Å². The van der Waals surface area contributed by atoms with Crippen molar-refractivity contribution in [3.05, 3.63) is 67.5 Å². The van der Waals surface area contributed by atoms with Crippen LogP contribution in [0.3, 0.4) is 0 Å². The van der Waals surface area contributed by atoms with Gasteiger partial charge in [-0.15, -0.1) is 0 Å². The predicted octanol–water partition coefficient (Wildman–Crippen LogP) is 2.09. The van der Waals surface area contributed by atoms with Gasteiger partial charge in [-0.05, 0) is 30.7 Å². The van der Waals surface area contributed by atoms with Gasteiger partial charge in [0.05, 0.1) is 12.8 Å². The smallest absolute Gasteiger partial charge is 0.269 e. The minimum atomic E-state index is -0.522. The SMILES string of the molecule is COCc1cc(C)n(CC(=O)NN=Cc2ccc(Br)cc2)c(=O)c1C#N. The van der Waals surface area contributed by atoms with Crippen molar-refractivity contribution >= 4 is 28.1 Å². The summed E-state index contributed by atoms with van der Waals surface area (Å²) in [6, 6.07) is 10.9. The van der Waals surface area contributed by atoms with Crippen molar-refractivity contribution in [2.75, 3.05) is 7.11 Å². The van der Waals surface area contributed by atoms with E-state index in [0.717, 1.165) is 10.0 Å². The summed E-state index contributed by atoms with van der Waals surface area (Å²) in [5, 5.41) is 13.1. The summed E-state index contributed by atoms with van der Waals surface area (Å²) in [6.07, 6.45) is 1.50. The molecule has 1 N–H and O–H groups in total. The Morgan fingerprint density at radius 2 is 2.12 bits per heavy atom. The first-order valence-electron chi connectivity index (χ1n) is 7.66. The molecule has 0 atom stereocenters. The normalized spacial score (nSPS) is 10.7. The molecule has 134 valence electrons. The summed E-state index contributed by atoms with van der Waals surface area (Å²) in [7, 11) is 1.49. The summed E-state index contributed by atoms with van der Waals surface area (Å²) in [4.78, 5) is 24.5. The van der Waals surface area contributed by atoms with Crippen molar-refractivity contribution in [1.82, 2.24) is 9.99 Å². The van der Waals surface area contributed by atoms with Crippen LogP contribution < -0.4 is 11.0 Å². The highest BCUT2D eigenvalue weighted by molar-refractivity contribution is 9.10. The lowest BCUT2D eigenvalue weighted by atomic mass is 10.1. The number of pyridine rings is 1. The zero-order valence-corrected chi connectivity index (χ0v) is 15.9. The van der Waals surface area contributed by atoms with Gasteiger partial charge in [0.1, 0.15) is 18.2 Å². The van der Waals surface area contributed by atoms with E-state index in [9.17, 15) is 14.9 Å². The van der Waals surface area contributed by atoms with E-state index in [0.29, 0.717) is 11.3 Å². The van der Waals surface area contributed by atoms with E-state index >= 15 is 0 Å². The van der Waals surface area contributed by atoms with Gasteiger partial charge in [0.15, 0.2) is 0 Å². The molecule has 0 saturated heterocycles. The fourth-order valence-electron chi connectivity index (χ4n) is 2.33. The minimum Gasteiger partial charge on any atom is -0.380 e. The zero-order chi connectivity index (χ0) is 19.1. The molecule has 0 aliphatic heterocycles. The molecule has 1 amide bonds. The van der Waals surface area contributed by atoms with Crippen molar-refractivity contribution in [2.45, 2.75) is 20.1 Å². The fraction of sp³-hybridized carbons (Fsp3) is 0.222. The number of nitrogens with one attached hydrogen (secondary N) is 1. The molecule has 0 fully saturated rings. The van der Waals surface area contributed by atoms with E-state index in [1.165, 1.54) is 17.9 Å². The van der Waals surface area contributed by atoms with Gasteiger partial charge in [-0.3, -0.25) is 9.59 Å². The van der Waals surface area contributed by atoms with Crippen LogP contribution in [0, 0.1) is 18.3 Å². The highest BCUT2D eigenvalue weighted by atomic mass is 79.9. The van der Waals surface area contributed by atoms with Gasteiger partial charge in [0.2, 0.25) is 0 Å². The van der Waals surface area contributed by atoms with Crippen LogP contribution in [0.25, 0.3) is 0 Å². The number of ether oxygens (including phenoxy) is 1. The highest BCUT2D eigenvalue weighted by Gasteiger charge is 2.14. The number of hydrogen-bond acceptors (Lipinski definition) is 5. The van der Waals surface area contributed by atoms with E-state index in [2.05, 4.69) is 26.5 Å². The Morgan fingerprint density at radius 1 is 1.42 bits per heavy atom. The van der Waals surface area contributed by atoms with Crippen LogP contribution in [0.5, 0.6) is 0 Å². The molecule has 0 radical (unpaired) electrons. The second-order valence-corrected chi connectivity index (χ2v) is 6.38. The number of halogens is 1. The Balaban J connectivity index is 2.12. The lowest BCUT2D eigenvalue weighted by molar-refractivity contribution is -0.121. The largest absolute Gasteiger partial charge is 0.380 e. The molecule has 0 aliphatic rings. The van der Waals surface area contributed by atoms with E-state index in [4.69, 9.17) is 4.74 Å². The summed E-state index contributed by atoms with van der Waals surface area (Å²) in [6.45, 7) is 1.62. The van der Waals surface area contributed by atoms with E-state index in [1.54, 1.807) is 13.0 Å². The van der Waals surface area contributed by atoms with Crippen molar-refractivity contribution in [3.63, 3.8) is 0 Å². The van der Waals surface area contributed by atoms with Gasteiger partial charge in [-0.1, -0.05) is 28.1 Å². The molecule has 7 nitrogen and oxygen atoms in total. The van der Waals surface area contributed by atoms with Gasteiger partial charge in [-0.2, -0.15) is 10.4 Å². The Morgan fingerprint density at radius 3 is 2.73 bits per heavy atom. The molecule has 0 spiro atoms. The Labute approximate surface area is 159 Å². The number of hydrogen-bond donors (Lipinski definition) is 1. The number of nitriles is 1. The predicted molar refractivity (Wildman–Crippen MR) is 101 cm³/mol. The lowest BCUT2D eigenvalue weighted by Crippen LogP contribution is -2.33. The number of methoxy groups -OCH3 is 1. The third kappa shape index (κ3) is 4.88. The highest BCUT2D eigenvalue weighted by Crippen LogP contribution is 2.09. The van der Waals surface area contributed by atoms with Gasteiger partial charge >= 0.3 is 0 Å². The number of carbonyl (C=O) groups excluding carboxylic acids is 1. The van der Waals surface area contributed by atoms with Crippen molar-refractivity contribution in [3.8, 4) is 6.07 Å². The van der Waals surface area contributed by atoms with Gasteiger partial charge in [0.25, 0.3) is 11.5 Å². The molecule has 1 aromatic carbocycles. The number of aryl methyl sites for hydroxylation is 1. The Hall–Kier alpha value is -2.76. The molecular weight excluding hydrogens is 400 g/mol. The number of amides is 1. The molecule has 26 heavy (non-hydrogen) atoms. The molecule has 0 saturated carbocycles. The van der Waals surface area contributed by atoms with Crippen LogP contribution in [0.2, 0.25) is 0 Å². The summed E-state index contributed by atoms with van der Waals surface area (Å²) in [5.41, 5.74) is 3.71. The third-order valence-corrected chi connectivity index (χ3v) is 4.10. The number of carbonyl (C=O) groups is 1. The maximum absolute atomic E-state index is 12.4. The Kier molecular flexibility index (Phi) is 6.83. The van der Waals surface area contributed by atoms with Crippen LogP contribution in [0.4, 0.5) is 0 Å². The first kappa shape index (κ1) is 19.6. The van der Waals surface area contributed by atoms with Gasteiger partial charge in [0, 0.05) is 22.8 Å². The molecule has 8 heteroatoms. The topological polar surface area (TPSA) is 96.5 Å². The van der Waals surface area contributed by atoms with Crippen LogP contribution in [0.15, 0.2) is 44.7 Å². The van der Waals surface area contributed by atoms with Crippen LogP contribution >= 0.6 is 15.9 Å². The lowest BCUT2D eigenvalue weighted by Gasteiger charge is -2.12. The maximum atomic E-state index is 12.4. The molecule has 1 aromatic heterocycles. The zero-order valence-electron chi connectivity index (χ0n) is 14.3. The van der Waals surface area contributed by atoms with Crippen molar-refractivity contribution < 1.29 is 9.53 Å². The summed E-state index contributed by atoms with van der Waals surface area (Å²) in [5.74, 6) is -0.466. The molecule has 1 heterocycles. The molecule has 0 unspecified atom stereocenters. The van der Waals surface area contributed by atoms with Crippen LogP contribution in [0.1, 0.15) is 22.4 Å². The monoisotopic (exact) mass is 416 g/mol. The van der Waals surface area contributed by atoms with E-state index in [1.807, 2.05) is 30.3 Å². The average Bonchev–Trinajstić information content (AvgIpc) is 2.61. The fourth-order valence-corrected chi connectivity index (χ4v) is 2.59. The maximum Gasteiger partial charge on any atom is 0.269 e. The molecule has 2 aromatic rings. The summed E-state index contributed by atoms with van der Waals surface area (Å²) < 4.78 is 7.18. The van der Waals surface area contributed by atoms with Crippen molar-refractivity contribution in [2.24, 2.45) is 5.10 Å². The van der Waals surface area contributed by atoms with E-state index in [-0.39, 0.29) is 18.7 Å². The first-order valence-corrected chi connectivity index (χ1v) is 8.45. The first-order chi connectivity index (χ1) is 12.5. The molecular formula is C18H17BrN4O3. The second kappa shape index (κ2) is 9.08. The number of rotatable bonds is 6. The van der Waals surface area contributed by atoms with Crippen LogP contribution in [-0.4, -0.2) is 23.8 Å². The minimum absolute atomic E-state index is 0.0244. The number of aromatic nitrogens is 1. The quantitative estimate of drug-likeness (QED) is 0.575. The Bertz CT molecular complexity index is 927. The molecule has 0 aliphatic carbocycles.